The highest BCUT2D eigenvalue weighted by Gasteiger charge is 2.39. The SMILES string of the molecule is CCc1ccc(CC2(O)CCSC2C)nc1. The van der Waals surface area contributed by atoms with E-state index in [0.717, 1.165) is 24.3 Å². The van der Waals surface area contributed by atoms with Crippen LogP contribution in [0.15, 0.2) is 18.3 Å². The minimum Gasteiger partial charge on any atom is -0.388 e. The molecule has 16 heavy (non-hydrogen) atoms. The van der Waals surface area contributed by atoms with Gasteiger partial charge >= 0.3 is 0 Å². The average molecular weight is 237 g/mol. The first-order valence-electron chi connectivity index (χ1n) is 5.92. The summed E-state index contributed by atoms with van der Waals surface area (Å²) >= 11 is 1.85. The van der Waals surface area contributed by atoms with E-state index in [2.05, 4.69) is 24.9 Å². The predicted molar refractivity (Wildman–Crippen MR) is 68.8 cm³/mol. The van der Waals surface area contributed by atoms with Gasteiger partial charge in [-0.2, -0.15) is 11.8 Å². The molecule has 1 fully saturated rings. The fourth-order valence-corrected chi connectivity index (χ4v) is 3.42. The van der Waals surface area contributed by atoms with Gasteiger partial charge in [0.25, 0.3) is 0 Å². The summed E-state index contributed by atoms with van der Waals surface area (Å²) in [5.74, 6) is 1.06. The average Bonchev–Trinajstić information content (AvgIpc) is 2.60. The lowest BCUT2D eigenvalue weighted by atomic mass is 9.91. The Morgan fingerprint density at radius 3 is 2.88 bits per heavy atom. The van der Waals surface area contributed by atoms with Crippen LogP contribution in [0.3, 0.4) is 0 Å². The van der Waals surface area contributed by atoms with Crippen molar-refractivity contribution in [2.75, 3.05) is 5.75 Å². The van der Waals surface area contributed by atoms with Crippen LogP contribution < -0.4 is 0 Å². The molecule has 1 aliphatic heterocycles. The quantitative estimate of drug-likeness (QED) is 0.876. The van der Waals surface area contributed by atoms with E-state index in [1.165, 1.54) is 5.56 Å². The molecule has 1 aliphatic rings. The Morgan fingerprint density at radius 2 is 2.38 bits per heavy atom. The Balaban J connectivity index is 2.08. The third-order valence-corrected chi connectivity index (χ3v) is 4.82. The molecule has 2 nitrogen and oxygen atoms in total. The molecule has 2 unspecified atom stereocenters. The summed E-state index contributed by atoms with van der Waals surface area (Å²) in [5, 5.41) is 10.8. The molecule has 1 saturated heterocycles. The largest absolute Gasteiger partial charge is 0.388 e. The van der Waals surface area contributed by atoms with Gasteiger partial charge in [0, 0.05) is 23.6 Å². The Bertz CT molecular complexity index is 351. The number of pyridine rings is 1. The van der Waals surface area contributed by atoms with Gasteiger partial charge in [-0.3, -0.25) is 4.98 Å². The lowest BCUT2D eigenvalue weighted by Crippen LogP contribution is -2.37. The number of hydrogen-bond donors (Lipinski definition) is 1. The van der Waals surface area contributed by atoms with Crippen LogP contribution in [-0.4, -0.2) is 26.7 Å². The number of nitrogens with zero attached hydrogens (tertiary/aromatic N) is 1. The number of thioether (sulfide) groups is 1. The standard InChI is InChI=1S/C13H19NOS/c1-3-11-4-5-12(14-9-11)8-13(15)6-7-16-10(13)2/h4-5,9-10,15H,3,6-8H2,1-2H3. The maximum atomic E-state index is 10.5. The van der Waals surface area contributed by atoms with Crippen molar-refractivity contribution >= 4 is 11.8 Å². The molecule has 88 valence electrons. The molecule has 2 heterocycles. The van der Waals surface area contributed by atoms with E-state index in [4.69, 9.17) is 0 Å². The van der Waals surface area contributed by atoms with E-state index in [9.17, 15) is 5.11 Å². The third kappa shape index (κ3) is 2.41. The molecule has 0 aliphatic carbocycles. The zero-order chi connectivity index (χ0) is 11.6. The summed E-state index contributed by atoms with van der Waals surface area (Å²) in [6.45, 7) is 4.23. The zero-order valence-electron chi connectivity index (χ0n) is 9.94. The van der Waals surface area contributed by atoms with E-state index in [1.54, 1.807) is 0 Å². The minimum atomic E-state index is -0.550. The molecule has 0 spiro atoms. The van der Waals surface area contributed by atoms with Gasteiger partial charge in [-0.05, 0) is 30.2 Å². The van der Waals surface area contributed by atoms with E-state index in [-0.39, 0.29) is 0 Å². The van der Waals surface area contributed by atoms with Crippen LogP contribution in [-0.2, 0) is 12.8 Å². The van der Waals surface area contributed by atoms with Crippen molar-refractivity contribution in [3.8, 4) is 0 Å². The zero-order valence-corrected chi connectivity index (χ0v) is 10.8. The first-order valence-corrected chi connectivity index (χ1v) is 6.97. The molecule has 1 N–H and O–H groups in total. The molecule has 0 bridgehead atoms. The van der Waals surface area contributed by atoms with Crippen molar-refractivity contribution in [3.05, 3.63) is 29.6 Å². The van der Waals surface area contributed by atoms with Crippen molar-refractivity contribution < 1.29 is 5.11 Å². The van der Waals surface area contributed by atoms with Crippen LogP contribution >= 0.6 is 11.8 Å². The summed E-state index contributed by atoms with van der Waals surface area (Å²) in [6.07, 6.45) is 4.51. The van der Waals surface area contributed by atoms with Crippen molar-refractivity contribution in [3.63, 3.8) is 0 Å². The number of hydrogen-bond acceptors (Lipinski definition) is 3. The minimum absolute atomic E-state index is 0.320. The van der Waals surface area contributed by atoms with Gasteiger partial charge in [-0.1, -0.05) is 19.9 Å². The number of aliphatic hydroxyl groups is 1. The highest BCUT2D eigenvalue weighted by Crippen LogP contribution is 2.37. The predicted octanol–water partition coefficient (Wildman–Crippen LogP) is 2.44. The van der Waals surface area contributed by atoms with Crippen LogP contribution in [0.5, 0.6) is 0 Å². The Labute approximate surface area is 101 Å². The number of rotatable bonds is 3. The van der Waals surface area contributed by atoms with Crippen LogP contribution in [0.4, 0.5) is 0 Å². The molecule has 1 aromatic heterocycles. The van der Waals surface area contributed by atoms with Crippen molar-refractivity contribution in [2.24, 2.45) is 0 Å². The van der Waals surface area contributed by atoms with Gasteiger partial charge in [0.1, 0.15) is 0 Å². The fourth-order valence-electron chi connectivity index (χ4n) is 2.09. The molecule has 1 aromatic rings. The van der Waals surface area contributed by atoms with Crippen LogP contribution in [0, 0.1) is 0 Å². The van der Waals surface area contributed by atoms with Gasteiger partial charge < -0.3 is 5.11 Å². The Hall–Kier alpha value is -0.540. The van der Waals surface area contributed by atoms with Crippen LogP contribution in [0.2, 0.25) is 0 Å². The van der Waals surface area contributed by atoms with Crippen LogP contribution in [0.1, 0.15) is 31.5 Å². The molecule has 0 amide bonds. The highest BCUT2D eigenvalue weighted by molar-refractivity contribution is 8.00. The van der Waals surface area contributed by atoms with Gasteiger partial charge in [-0.15, -0.1) is 0 Å². The van der Waals surface area contributed by atoms with E-state index in [0.29, 0.717) is 11.7 Å². The summed E-state index contributed by atoms with van der Waals surface area (Å²) in [7, 11) is 0. The highest BCUT2D eigenvalue weighted by atomic mass is 32.2. The monoisotopic (exact) mass is 237 g/mol. The Morgan fingerprint density at radius 1 is 1.56 bits per heavy atom. The number of aromatic nitrogens is 1. The molecule has 0 radical (unpaired) electrons. The number of aryl methyl sites for hydroxylation is 1. The van der Waals surface area contributed by atoms with Gasteiger partial charge in [-0.25, -0.2) is 0 Å². The lowest BCUT2D eigenvalue weighted by Gasteiger charge is -2.26. The van der Waals surface area contributed by atoms with Gasteiger partial charge in [0.15, 0.2) is 0 Å². The lowest BCUT2D eigenvalue weighted by molar-refractivity contribution is 0.0455. The van der Waals surface area contributed by atoms with Crippen LogP contribution in [0.25, 0.3) is 0 Å². The normalized spacial score (nSPS) is 29.6. The van der Waals surface area contributed by atoms with E-state index < -0.39 is 5.60 Å². The summed E-state index contributed by atoms with van der Waals surface area (Å²) in [4.78, 5) is 4.42. The molecule has 0 aromatic carbocycles. The summed E-state index contributed by atoms with van der Waals surface area (Å²) in [6, 6.07) is 4.16. The maximum Gasteiger partial charge on any atom is 0.0826 e. The van der Waals surface area contributed by atoms with Crippen molar-refractivity contribution in [1.82, 2.24) is 4.98 Å². The molecular weight excluding hydrogens is 218 g/mol. The molecule has 3 heteroatoms. The fraction of sp³-hybridized carbons (Fsp3) is 0.615. The topological polar surface area (TPSA) is 33.1 Å². The first kappa shape index (κ1) is 11.9. The van der Waals surface area contributed by atoms with E-state index >= 15 is 0 Å². The van der Waals surface area contributed by atoms with Crippen molar-refractivity contribution in [2.45, 2.75) is 44.0 Å². The second kappa shape index (κ2) is 4.76. The van der Waals surface area contributed by atoms with Crippen molar-refractivity contribution in [1.29, 1.82) is 0 Å². The first-order chi connectivity index (χ1) is 7.64. The molecule has 0 saturated carbocycles. The second-order valence-electron chi connectivity index (χ2n) is 4.55. The second-order valence-corrected chi connectivity index (χ2v) is 6.00. The molecule has 2 atom stereocenters. The molecule has 2 rings (SSSR count). The summed E-state index contributed by atoms with van der Waals surface area (Å²) < 4.78 is 0. The maximum absolute atomic E-state index is 10.5. The van der Waals surface area contributed by atoms with Gasteiger partial charge in [0.2, 0.25) is 0 Å². The smallest absolute Gasteiger partial charge is 0.0826 e. The van der Waals surface area contributed by atoms with E-state index in [1.807, 2.05) is 24.0 Å². The Kier molecular flexibility index (Phi) is 3.55. The molecular formula is C13H19NOS. The summed E-state index contributed by atoms with van der Waals surface area (Å²) in [5.41, 5.74) is 1.71. The van der Waals surface area contributed by atoms with Gasteiger partial charge in [0.05, 0.1) is 5.60 Å². The third-order valence-electron chi connectivity index (χ3n) is 3.44.